The minimum absolute atomic E-state index is 0.0947. The van der Waals surface area contributed by atoms with Crippen molar-refractivity contribution in [2.75, 3.05) is 0 Å². The van der Waals surface area contributed by atoms with Crippen molar-refractivity contribution in [3.63, 3.8) is 0 Å². The molecule has 27 heavy (non-hydrogen) atoms. The lowest BCUT2D eigenvalue weighted by Crippen LogP contribution is -2.21. The first-order valence-electron chi connectivity index (χ1n) is 8.33. The molecule has 0 fully saturated rings. The summed E-state index contributed by atoms with van der Waals surface area (Å²) in [5.41, 5.74) is 6.63. The standard InChI is InChI=1S/C21H15FN2O3/c1-10-17-16(25)8-7-13-19(12-5-3-4-6-15(12)22)14(9-23)21(24)27-20(13)18(17)11(2)26-10/h3-8,19H,24H2,1-2H3/t19-/m1/s1. The zero-order chi connectivity index (χ0) is 19.3. The van der Waals surface area contributed by atoms with Crippen molar-refractivity contribution in [3.05, 3.63) is 86.5 Å². The largest absolute Gasteiger partial charge is 0.465 e. The summed E-state index contributed by atoms with van der Waals surface area (Å²) >= 11 is 0. The summed E-state index contributed by atoms with van der Waals surface area (Å²) in [7, 11) is 0. The molecule has 2 aromatic carbocycles. The van der Waals surface area contributed by atoms with Crippen LogP contribution in [0.2, 0.25) is 0 Å². The number of rotatable bonds is 1. The van der Waals surface area contributed by atoms with Gasteiger partial charge in [-0.25, -0.2) is 4.39 Å². The van der Waals surface area contributed by atoms with Crippen molar-refractivity contribution in [3.8, 4) is 11.8 Å². The monoisotopic (exact) mass is 362 g/mol. The first-order valence-corrected chi connectivity index (χ1v) is 8.33. The number of hydrogen-bond acceptors (Lipinski definition) is 5. The van der Waals surface area contributed by atoms with Gasteiger partial charge in [0.05, 0.1) is 16.7 Å². The fourth-order valence-corrected chi connectivity index (χ4v) is 3.67. The molecule has 4 rings (SSSR count). The van der Waals surface area contributed by atoms with Crippen molar-refractivity contribution in [2.45, 2.75) is 19.8 Å². The first-order chi connectivity index (χ1) is 12.9. The van der Waals surface area contributed by atoms with Crippen molar-refractivity contribution in [1.29, 1.82) is 5.26 Å². The molecule has 0 amide bonds. The zero-order valence-corrected chi connectivity index (χ0v) is 14.7. The van der Waals surface area contributed by atoms with Crippen LogP contribution in [-0.2, 0) is 0 Å². The molecule has 6 heteroatoms. The highest BCUT2D eigenvalue weighted by Gasteiger charge is 2.34. The van der Waals surface area contributed by atoms with Crippen LogP contribution >= 0.6 is 0 Å². The molecule has 0 saturated carbocycles. The highest BCUT2D eigenvalue weighted by atomic mass is 19.1. The lowest BCUT2D eigenvalue weighted by atomic mass is 9.83. The summed E-state index contributed by atoms with van der Waals surface area (Å²) in [6.45, 7) is 3.41. The van der Waals surface area contributed by atoms with Gasteiger partial charge in [-0.15, -0.1) is 0 Å². The van der Waals surface area contributed by atoms with E-state index in [2.05, 4.69) is 0 Å². The second-order valence-corrected chi connectivity index (χ2v) is 6.39. The number of ether oxygens (including phenoxy) is 1. The molecule has 0 spiro atoms. The Bertz CT molecular complexity index is 1230. The van der Waals surface area contributed by atoms with E-state index in [1.165, 1.54) is 12.1 Å². The number of nitriles is 1. The summed E-state index contributed by atoms with van der Waals surface area (Å²) in [5, 5.41) is 10.5. The third-order valence-corrected chi connectivity index (χ3v) is 4.82. The molecular weight excluding hydrogens is 347 g/mol. The lowest BCUT2D eigenvalue weighted by molar-refractivity contribution is 0.396. The number of benzene rings is 1. The van der Waals surface area contributed by atoms with Crippen LogP contribution in [0, 0.1) is 31.0 Å². The maximum absolute atomic E-state index is 14.6. The summed E-state index contributed by atoms with van der Waals surface area (Å²) in [4.78, 5) is 12.6. The molecule has 1 aromatic heterocycles. The topological polar surface area (TPSA) is 89.2 Å². The normalized spacial score (nSPS) is 16.0. The molecule has 0 aliphatic carbocycles. The van der Waals surface area contributed by atoms with Gasteiger partial charge in [0.25, 0.3) is 0 Å². The highest BCUT2D eigenvalue weighted by molar-refractivity contribution is 5.93. The van der Waals surface area contributed by atoms with E-state index >= 15 is 0 Å². The second kappa shape index (κ2) is 5.99. The molecule has 1 aliphatic rings. The molecule has 0 radical (unpaired) electrons. The molecule has 2 heterocycles. The van der Waals surface area contributed by atoms with Crippen LogP contribution in [0.3, 0.4) is 0 Å². The van der Waals surface area contributed by atoms with E-state index in [0.29, 0.717) is 33.6 Å². The smallest absolute Gasteiger partial charge is 0.205 e. The fraction of sp³-hybridized carbons (Fsp3) is 0.143. The zero-order valence-electron chi connectivity index (χ0n) is 14.7. The molecule has 5 nitrogen and oxygen atoms in total. The average Bonchev–Trinajstić information content (AvgIpc) is 2.84. The van der Waals surface area contributed by atoms with Crippen molar-refractivity contribution >= 4 is 10.8 Å². The maximum Gasteiger partial charge on any atom is 0.205 e. The molecule has 1 aliphatic heterocycles. The van der Waals surface area contributed by atoms with Gasteiger partial charge in [-0.1, -0.05) is 24.3 Å². The van der Waals surface area contributed by atoms with E-state index in [4.69, 9.17) is 14.9 Å². The van der Waals surface area contributed by atoms with Crippen LogP contribution in [0.5, 0.6) is 5.75 Å². The van der Waals surface area contributed by atoms with E-state index in [-0.39, 0.29) is 22.4 Å². The third-order valence-electron chi connectivity index (χ3n) is 4.82. The second-order valence-electron chi connectivity index (χ2n) is 6.39. The van der Waals surface area contributed by atoms with Crippen molar-refractivity contribution < 1.29 is 13.5 Å². The van der Waals surface area contributed by atoms with E-state index in [9.17, 15) is 14.4 Å². The Kier molecular flexibility index (Phi) is 3.74. The fourth-order valence-electron chi connectivity index (χ4n) is 3.67. The van der Waals surface area contributed by atoms with Gasteiger partial charge in [-0.05, 0) is 26.0 Å². The van der Waals surface area contributed by atoms with E-state index < -0.39 is 11.7 Å². The van der Waals surface area contributed by atoms with Crippen molar-refractivity contribution in [2.24, 2.45) is 5.73 Å². The molecule has 0 unspecified atom stereocenters. The summed E-state index contributed by atoms with van der Waals surface area (Å²) in [6.07, 6.45) is 0. The van der Waals surface area contributed by atoms with Crippen molar-refractivity contribution in [1.82, 2.24) is 0 Å². The number of halogens is 1. The molecule has 2 N–H and O–H groups in total. The average molecular weight is 362 g/mol. The molecule has 134 valence electrons. The maximum atomic E-state index is 14.6. The molecule has 0 saturated heterocycles. The number of fused-ring (bicyclic) bond motifs is 3. The SMILES string of the molecule is Cc1oc(C)c2c(=O)ccc3c(c12)OC(N)=C(C#N)[C@@H]3c1ccccc1F. The Hall–Kier alpha value is -3.59. The summed E-state index contributed by atoms with van der Waals surface area (Å²) < 4.78 is 26.0. The predicted octanol–water partition coefficient (Wildman–Crippen LogP) is 3.77. The Labute approximate surface area is 154 Å². The number of allylic oxidation sites excluding steroid dienone is 1. The third kappa shape index (κ3) is 2.40. The Morgan fingerprint density at radius 3 is 2.48 bits per heavy atom. The van der Waals surface area contributed by atoms with E-state index in [1.54, 1.807) is 38.1 Å². The van der Waals surface area contributed by atoms with Gasteiger partial charge in [-0.3, -0.25) is 4.79 Å². The minimum Gasteiger partial charge on any atom is -0.465 e. The highest BCUT2D eigenvalue weighted by Crippen LogP contribution is 2.46. The molecule has 0 bridgehead atoms. The molecule has 1 atom stereocenters. The van der Waals surface area contributed by atoms with E-state index in [0.717, 1.165) is 0 Å². The van der Waals surface area contributed by atoms with Crippen LogP contribution in [0.1, 0.15) is 28.6 Å². The van der Waals surface area contributed by atoms with Gasteiger partial charge < -0.3 is 14.9 Å². The van der Waals surface area contributed by atoms with Gasteiger partial charge in [0.2, 0.25) is 5.88 Å². The first kappa shape index (κ1) is 16.9. The molecular formula is C21H15FN2O3. The van der Waals surface area contributed by atoms with E-state index in [1.807, 2.05) is 6.07 Å². The Morgan fingerprint density at radius 1 is 1.07 bits per heavy atom. The van der Waals surface area contributed by atoms with Crippen LogP contribution in [-0.4, -0.2) is 0 Å². The predicted molar refractivity (Wildman–Crippen MR) is 97.7 cm³/mol. The van der Waals surface area contributed by atoms with Crippen LogP contribution in [0.15, 0.2) is 57.1 Å². The Morgan fingerprint density at radius 2 is 1.78 bits per heavy atom. The van der Waals surface area contributed by atoms with Gasteiger partial charge in [0.1, 0.15) is 34.7 Å². The quantitative estimate of drug-likeness (QED) is 0.712. The Balaban J connectivity index is 2.17. The lowest BCUT2D eigenvalue weighted by Gasteiger charge is -2.26. The number of nitrogens with two attached hydrogens (primary N) is 1. The van der Waals surface area contributed by atoms with Crippen LogP contribution in [0.25, 0.3) is 10.8 Å². The van der Waals surface area contributed by atoms with Gasteiger partial charge in [0, 0.05) is 11.1 Å². The minimum atomic E-state index is -0.787. The number of furan rings is 1. The van der Waals surface area contributed by atoms with Crippen LogP contribution < -0.4 is 15.9 Å². The number of nitrogens with zero attached hydrogens (tertiary/aromatic N) is 1. The number of aryl methyl sites for hydroxylation is 2. The van der Waals surface area contributed by atoms with Gasteiger partial charge in [-0.2, -0.15) is 5.26 Å². The van der Waals surface area contributed by atoms with Gasteiger partial charge >= 0.3 is 0 Å². The molecule has 3 aromatic rings. The summed E-state index contributed by atoms with van der Waals surface area (Å²) in [5.74, 6) is -0.105. The van der Waals surface area contributed by atoms with Crippen LogP contribution in [0.4, 0.5) is 4.39 Å². The number of hydrogen-bond donors (Lipinski definition) is 1. The summed E-state index contributed by atoms with van der Waals surface area (Å²) in [6, 6.07) is 11.1. The van der Waals surface area contributed by atoms with Gasteiger partial charge in [0.15, 0.2) is 5.43 Å².